The van der Waals surface area contributed by atoms with E-state index in [9.17, 15) is 19.7 Å². The van der Waals surface area contributed by atoms with Crippen LogP contribution in [0.3, 0.4) is 0 Å². The van der Waals surface area contributed by atoms with Crippen molar-refractivity contribution in [3.8, 4) is 11.5 Å². The third-order valence-corrected chi connectivity index (χ3v) is 7.96. The number of rotatable bonds is 8. The molecule has 2 aromatic rings. The van der Waals surface area contributed by atoms with Gasteiger partial charge in [0.2, 0.25) is 0 Å². The Morgan fingerprint density at radius 2 is 1.69 bits per heavy atom. The molecule has 0 unspecified atom stereocenters. The zero-order valence-electron chi connectivity index (χ0n) is 19.7. The zero-order valence-corrected chi connectivity index (χ0v) is 19.7. The second kappa shape index (κ2) is 8.29. The van der Waals surface area contributed by atoms with Gasteiger partial charge in [0.05, 0.1) is 29.6 Å². The average Bonchev–Trinajstić information content (AvgIpc) is 3.48. The maximum Gasteiger partial charge on any atom is 0.269 e. The number of amides is 2. The van der Waals surface area contributed by atoms with Gasteiger partial charge in [-0.25, -0.2) is 0 Å². The fourth-order valence-electron chi connectivity index (χ4n) is 6.17. The van der Waals surface area contributed by atoms with Gasteiger partial charge < -0.3 is 9.47 Å². The van der Waals surface area contributed by atoms with Crippen molar-refractivity contribution in [1.82, 2.24) is 5.01 Å². The lowest BCUT2D eigenvalue weighted by atomic mass is 9.85. The summed E-state index contributed by atoms with van der Waals surface area (Å²) in [6.07, 6.45) is 7.99. The molecule has 0 N–H and O–H groups in total. The molecule has 2 amide bonds. The van der Waals surface area contributed by atoms with Gasteiger partial charge in [-0.2, -0.15) is 10.1 Å². The molecule has 3 fully saturated rings. The molecular formula is C27H25N3O6. The van der Waals surface area contributed by atoms with Gasteiger partial charge in [0.1, 0.15) is 6.61 Å². The van der Waals surface area contributed by atoms with Crippen LogP contribution in [0.4, 0.5) is 5.69 Å². The van der Waals surface area contributed by atoms with E-state index in [0.717, 1.165) is 23.4 Å². The normalized spacial score (nSPS) is 26.8. The molecule has 36 heavy (non-hydrogen) atoms. The van der Waals surface area contributed by atoms with Crippen molar-refractivity contribution in [2.45, 2.75) is 26.4 Å². The molecule has 4 aliphatic rings. The first-order valence-electron chi connectivity index (χ1n) is 12.2. The van der Waals surface area contributed by atoms with Gasteiger partial charge in [-0.15, -0.1) is 0 Å². The average molecular weight is 488 g/mol. The van der Waals surface area contributed by atoms with Crippen molar-refractivity contribution < 1.29 is 24.0 Å². The van der Waals surface area contributed by atoms with Crippen LogP contribution in [0.25, 0.3) is 0 Å². The van der Waals surface area contributed by atoms with Crippen LogP contribution >= 0.6 is 0 Å². The van der Waals surface area contributed by atoms with Crippen LogP contribution in [0, 0.1) is 39.2 Å². The Hall–Kier alpha value is -4.01. The van der Waals surface area contributed by atoms with Gasteiger partial charge in [-0.05, 0) is 78.5 Å². The van der Waals surface area contributed by atoms with Gasteiger partial charge in [0, 0.05) is 12.1 Å². The standard InChI is InChI=1S/C27H25N3O6/c1-2-35-22-13-17(5-10-21(22)36-15-16-3-6-18(7-4-16)30(33)34)14-28-29-25(31)23-19-8-9-20(24(23)26(29)32)27(19)11-12-27/h3-10,13-14,19-20,23-24H,2,11-12,15H2,1H3/b28-14-/t19-,20+,23-,24-/m0/s1. The predicted molar refractivity (Wildman–Crippen MR) is 129 cm³/mol. The molecular weight excluding hydrogens is 462 g/mol. The second-order valence-corrected chi connectivity index (χ2v) is 9.81. The van der Waals surface area contributed by atoms with Crippen molar-refractivity contribution >= 4 is 23.7 Å². The number of carbonyl (C=O) groups is 2. The highest BCUT2D eigenvalue weighted by atomic mass is 16.6. The molecule has 0 radical (unpaired) electrons. The number of allylic oxidation sites excluding steroid dienone is 2. The summed E-state index contributed by atoms with van der Waals surface area (Å²) < 4.78 is 11.6. The number of nitro benzene ring substituents is 1. The highest BCUT2D eigenvalue weighted by molar-refractivity contribution is 6.07. The van der Waals surface area contributed by atoms with Crippen molar-refractivity contribution in [3.05, 3.63) is 75.9 Å². The zero-order chi connectivity index (χ0) is 25.0. The van der Waals surface area contributed by atoms with Crippen molar-refractivity contribution in [2.24, 2.45) is 34.2 Å². The fraction of sp³-hybridized carbons (Fsp3) is 0.370. The van der Waals surface area contributed by atoms with Gasteiger partial charge in [-0.3, -0.25) is 19.7 Å². The summed E-state index contributed by atoms with van der Waals surface area (Å²) in [6.45, 7) is 2.48. The first kappa shape index (κ1) is 22.5. The lowest BCUT2D eigenvalue weighted by molar-refractivity contribution is -0.384. The number of nitro groups is 1. The molecule has 9 nitrogen and oxygen atoms in total. The summed E-state index contributed by atoms with van der Waals surface area (Å²) in [7, 11) is 0. The van der Waals surface area contributed by atoms with Crippen molar-refractivity contribution in [2.75, 3.05) is 6.61 Å². The number of hydrogen-bond donors (Lipinski definition) is 0. The minimum Gasteiger partial charge on any atom is -0.490 e. The molecule has 1 heterocycles. The predicted octanol–water partition coefficient (Wildman–Crippen LogP) is 4.10. The molecule has 4 atom stereocenters. The topological polar surface area (TPSA) is 111 Å². The third-order valence-electron chi connectivity index (χ3n) is 7.96. The Balaban J connectivity index is 1.16. The highest BCUT2D eigenvalue weighted by Crippen LogP contribution is 2.73. The van der Waals surface area contributed by atoms with E-state index in [2.05, 4.69) is 17.3 Å². The molecule has 1 aliphatic heterocycles. The van der Waals surface area contributed by atoms with Gasteiger partial charge in [0.25, 0.3) is 17.5 Å². The van der Waals surface area contributed by atoms with E-state index in [1.807, 2.05) is 6.92 Å². The van der Waals surface area contributed by atoms with Gasteiger partial charge in [0.15, 0.2) is 11.5 Å². The lowest BCUT2D eigenvalue weighted by Crippen LogP contribution is -2.30. The summed E-state index contributed by atoms with van der Waals surface area (Å²) in [5.41, 5.74) is 1.62. The largest absolute Gasteiger partial charge is 0.490 e. The summed E-state index contributed by atoms with van der Waals surface area (Å²) >= 11 is 0. The Morgan fingerprint density at radius 3 is 2.28 bits per heavy atom. The molecule has 2 aromatic carbocycles. The monoisotopic (exact) mass is 487 g/mol. The van der Waals surface area contributed by atoms with E-state index >= 15 is 0 Å². The molecule has 0 aromatic heterocycles. The van der Waals surface area contributed by atoms with Crippen LogP contribution in [0.2, 0.25) is 0 Å². The summed E-state index contributed by atoms with van der Waals surface area (Å²) in [5.74, 6) is 0.393. The first-order chi connectivity index (χ1) is 17.4. The SMILES string of the molecule is CCOc1cc(/C=N\N2C(=O)[C@@H]3[C@@H](C2=O)[C@@H]2C=C[C@H]3C23CC3)ccc1OCc1ccc([N+](=O)[O-])cc1. The Kier molecular flexibility index (Phi) is 5.17. The lowest BCUT2D eigenvalue weighted by Gasteiger charge is -2.18. The minimum absolute atomic E-state index is 0.0203. The van der Waals surface area contributed by atoms with Crippen molar-refractivity contribution in [1.29, 1.82) is 0 Å². The Labute approximate surface area is 207 Å². The van der Waals surface area contributed by atoms with Crippen LogP contribution < -0.4 is 9.47 Å². The van der Waals surface area contributed by atoms with Crippen LogP contribution in [0.15, 0.2) is 59.7 Å². The van der Waals surface area contributed by atoms with Gasteiger partial charge in [-0.1, -0.05) is 12.2 Å². The number of non-ortho nitro benzene ring substituents is 1. The Morgan fingerprint density at radius 1 is 1.03 bits per heavy atom. The molecule has 3 aliphatic carbocycles. The number of imide groups is 1. The number of ether oxygens (including phenoxy) is 2. The van der Waals surface area contributed by atoms with Gasteiger partial charge >= 0.3 is 0 Å². The number of carbonyl (C=O) groups excluding carboxylic acids is 2. The van der Waals surface area contributed by atoms with Crippen LogP contribution in [0.5, 0.6) is 11.5 Å². The molecule has 9 heteroatoms. The molecule has 1 saturated heterocycles. The smallest absolute Gasteiger partial charge is 0.269 e. The molecule has 6 rings (SSSR count). The minimum atomic E-state index is -0.446. The van der Waals surface area contributed by atoms with Crippen LogP contribution in [-0.2, 0) is 16.2 Å². The summed E-state index contributed by atoms with van der Waals surface area (Å²) in [4.78, 5) is 36.6. The number of fused-ring (bicyclic) bond motifs is 3. The maximum absolute atomic E-state index is 13.1. The van der Waals surface area contributed by atoms with E-state index in [4.69, 9.17) is 9.47 Å². The third kappa shape index (κ3) is 3.41. The van der Waals surface area contributed by atoms with Crippen LogP contribution in [-0.4, -0.2) is 34.6 Å². The highest BCUT2D eigenvalue weighted by Gasteiger charge is 2.73. The Bertz CT molecular complexity index is 1280. The molecule has 2 saturated carbocycles. The van der Waals surface area contributed by atoms with E-state index in [-0.39, 0.29) is 53.2 Å². The molecule has 184 valence electrons. The summed E-state index contributed by atoms with van der Waals surface area (Å²) in [6, 6.07) is 11.4. The number of benzene rings is 2. The van der Waals surface area contributed by atoms with E-state index in [0.29, 0.717) is 23.7 Å². The van der Waals surface area contributed by atoms with E-state index < -0.39 is 4.92 Å². The number of hydrazone groups is 1. The fourth-order valence-corrected chi connectivity index (χ4v) is 6.17. The van der Waals surface area contributed by atoms with Crippen LogP contribution in [0.1, 0.15) is 30.9 Å². The number of nitrogens with zero attached hydrogens (tertiary/aromatic N) is 3. The maximum atomic E-state index is 13.1. The molecule has 2 bridgehead atoms. The second-order valence-electron chi connectivity index (χ2n) is 9.81. The molecule has 1 spiro atoms. The van der Waals surface area contributed by atoms with Crippen molar-refractivity contribution in [3.63, 3.8) is 0 Å². The summed E-state index contributed by atoms with van der Waals surface area (Å²) in [5, 5.41) is 16.2. The number of hydrogen-bond acceptors (Lipinski definition) is 7. The van der Waals surface area contributed by atoms with E-state index in [1.165, 1.54) is 18.3 Å². The van der Waals surface area contributed by atoms with E-state index in [1.54, 1.807) is 30.3 Å². The quantitative estimate of drug-likeness (QED) is 0.182. The first-order valence-corrected chi connectivity index (χ1v) is 12.2.